The summed E-state index contributed by atoms with van der Waals surface area (Å²) in [6.45, 7) is 2.39. The SMILES string of the molecule is COC(=O)/C=C/CN(C)[C@@H]1CCOC1. The fourth-order valence-corrected chi connectivity index (χ4v) is 1.40. The summed E-state index contributed by atoms with van der Waals surface area (Å²) in [4.78, 5) is 12.9. The van der Waals surface area contributed by atoms with E-state index in [-0.39, 0.29) is 5.97 Å². The van der Waals surface area contributed by atoms with Crippen molar-refractivity contribution in [3.05, 3.63) is 12.2 Å². The molecule has 0 aromatic rings. The average molecular weight is 199 g/mol. The predicted octanol–water partition coefficient (Wildman–Crippen LogP) is 0.436. The first-order valence-corrected chi connectivity index (χ1v) is 4.76. The molecule has 4 heteroatoms. The lowest BCUT2D eigenvalue weighted by Gasteiger charge is -2.20. The van der Waals surface area contributed by atoms with Crippen molar-refractivity contribution in [3.8, 4) is 0 Å². The minimum atomic E-state index is -0.305. The molecule has 1 atom stereocenters. The van der Waals surface area contributed by atoms with Gasteiger partial charge in [0.1, 0.15) is 0 Å². The number of likely N-dealkylation sites (N-methyl/N-ethyl adjacent to an activating group) is 1. The van der Waals surface area contributed by atoms with Gasteiger partial charge in [-0.2, -0.15) is 0 Å². The van der Waals surface area contributed by atoms with Crippen LogP contribution >= 0.6 is 0 Å². The first kappa shape index (κ1) is 11.2. The maximum atomic E-state index is 10.8. The maximum absolute atomic E-state index is 10.8. The smallest absolute Gasteiger partial charge is 0.330 e. The van der Waals surface area contributed by atoms with Gasteiger partial charge in [-0.3, -0.25) is 4.90 Å². The van der Waals surface area contributed by atoms with Crippen molar-refractivity contribution in [2.24, 2.45) is 0 Å². The van der Waals surface area contributed by atoms with Gasteiger partial charge in [0.15, 0.2) is 0 Å². The number of ether oxygens (including phenoxy) is 2. The topological polar surface area (TPSA) is 38.8 Å². The van der Waals surface area contributed by atoms with Crippen LogP contribution in [0.5, 0.6) is 0 Å². The second-order valence-corrected chi connectivity index (χ2v) is 3.38. The second kappa shape index (κ2) is 5.78. The van der Waals surface area contributed by atoms with Crippen molar-refractivity contribution in [3.63, 3.8) is 0 Å². The van der Waals surface area contributed by atoms with Crippen molar-refractivity contribution in [2.75, 3.05) is 33.9 Å². The van der Waals surface area contributed by atoms with Crippen LogP contribution in [0.1, 0.15) is 6.42 Å². The van der Waals surface area contributed by atoms with Crippen LogP contribution in [-0.2, 0) is 14.3 Å². The standard InChI is InChI=1S/C10H17NO3/c1-11(9-5-7-14-8-9)6-3-4-10(12)13-2/h3-4,9H,5-8H2,1-2H3/b4-3+/t9-/m1/s1. The number of hydrogen-bond donors (Lipinski definition) is 0. The van der Waals surface area contributed by atoms with E-state index in [0.29, 0.717) is 6.04 Å². The summed E-state index contributed by atoms with van der Waals surface area (Å²) in [6, 6.07) is 0.484. The molecule has 0 bridgehead atoms. The van der Waals surface area contributed by atoms with Gasteiger partial charge in [-0.15, -0.1) is 0 Å². The Morgan fingerprint density at radius 1 is 1.71 bits per heavy atom. The quantitative estimate of drug-likeness (QED) is 0.486. The molecule has 4 nitrogen and oxygen atoms in total. The molecule has 0 aromatic carbocycles. The summed E-state index contributed by atoms with van der Waals surface area (Å²) in [6.07, 6.45) is 4.33. The van der Waals surface area contributed by atoms with Crippen LogP contribution in [0.15, 0.2) is 12.2 Å². The molecule has 1 fully saturated rings. The third-order valence-corrected chi connectivity index (χ3v) is 2.38. The zero-order valence-corrected chi connectivity index (χ0v) is 8.73. The molecule has 80 valence electrons. The van der Waals surface area contributed by atoms with Crippen LogP contribution in [0.3, 0.4) is 0 Å². The molecule has 1 saturated heterocycles. The van der Waals surface area contributed by atoms with Gasteiger partial charge in [-0.1, -0.05) is 6.08 Å². The summed E-state index contributed by atoms with van der Waals surface area (Å²) in [5.74, 6) is -0.305. The first-order valence-electron chi connectivity index (χ1n) is 4.76. The Morgan fingerprint density at radius 3 is 3.07 bits per heavy atom. The second-order valence-electron chi connectivity index (χ2n) is 3.38. The van der Waals surface area contributed by atoms with Crippen LogP contribution in [0, 0.1) is 0 Å². The first-order chi connectivity index (χ1) is 6.74. The van der Waals surface area contributed by atoms with Crippen LogP contribution in [0.4, 0.5) is 0 Å². The van der Waals surface area contributed by atoms with Crippen LogP contribution in [-0.4, -0.2) is 50.8 Å². The Balaban J connectivity index is 2.22. The van der Waals surface area contributed by atoms with Crippen molar-refractivity contribution in [1.82, 2.24) is 4.90 Å². The molecule has 0 unspecified atom stereocenters. The van der Waals surface area contributed by atoms with Crippen molar-refractivity contribution >= 4 is 5.97 Å². The molecule has 1 rings (SSSR count). The van der Waals surface area contributed by atoms with Gasteiger partial charge in [0.2, 0.25) is 0 Å². The fraction of sp³-hybridized carbons (Fsp3) is 0.700. The van der Waals surface area contributed by atoms with E-state index in [1.807, 2.05) is 13.1 Å². The Morgan fingerprint density at radius 2 is 2.50 bits per heavy atom. The molecular formula is C10H17NO3. The molecule has 0 saturated carbocycles. The van der Waals surface area contributed by atoms with Gasteiger partial charge in [0.25, 0.3) is 0 Å². The van der Waals surface area contributed by atoms with E-state index in [1.54, 1.807) is 0 Å². The highest BCUT2D eigenvalue weighted by Gasteiger charge is 2.18. The van der Waals surface area contributed by atoms with Crippen molar-refractivity contribution in [2.45, 2.75) is 12.5 Å². The average Bonchev–Trinajstić information content (AvgIpc) is 2.70. The minimum Gasteiger partial charge on any atom is -0.466 e. The predicted molar refractivity (Wildman–Crippen MR) is 53.0 cm³/mol. The van der Waals surface area contributed by atoms with Gasteiger partial charge >= 0.3 is 5.97 Å². The lowest BCUT2D eigenvalue weighted by Crippen LogP contribution is -2.32. The molecule has 0 N–H and O–H groups in total. The number of hydrogen-bond acceptors (Lipinski definition) is 4. The van der Waals surface area contributed by atoms with Gasteiger partial charge < -0.3 is 9.47 Å². The number of carbonyl (C=O) groups excluding carboxylic acids is 1. The lowest BCUT2D eigenvalue weighted by atomic mass is 10.2. The Bertz CT molecular complexity index is 209. The molecule has 0 amide bonds. The van der Waals surface area contributed by atoms with E-state index in [0.717, 1.165) is 26.2 Å². The summed E-state index contributed by atoms with van der Waals surface area (Å²) in [5, 5.41) is 0. The number of rotatable bonds is 4. The summed E-state index contributed by atoms with van der Waals surface area (Å²) in [5.41, 5.74) is 0. The molecule has 14 heavy (non-hydrogen) atoms. The monoisotopic (exact) mass is 199 g/mol. The number of esters is 1. The molecular weight excluding hydrogens is 182 g/mol. The zero-order valence-electron chi connectivity index (χ0n) is 8.73. The molecule has 0 spiro atoms. The van der Waals surface area contributed by atoms with Gasteiger partial charge in [0, 0.05) is 25.3 Å². The fourth-order valence-electron chi connectivity index (χ4n) is 1.40. The van der Waals surface area contributed by atoms with E-state index < -0.39 is 0 Å². The molecule has 1 heterocycles. The highest BCUT2D eigenvalue weighted by Crippen LogP contribution is 2.09. The van der Waals surface area contributed by atoms with Gasteiger partial charge in [0.05, 0.1) is 13.7 Å². The maximum Gasteiger partial charge on any atom is 0.330 e. The zero-order chi connectivity index (χ0) is 10.4. The minimum absolute atomic E-state index is 0.305. The summed E-state index contributed by atoms with van der Waals surface area (Å²) in [7, 11) is 3.40. The third-order valence-electron chi connectivity index (χ3n) is 2.38. The number of carbonyl (C=O) groups is 1. The highest BCUT2D eigenvalue weighted by atomic mass is 16.5. The number of nitrogens with zero attached hydrogens (tertiary/aromatic N) is 1. The van der Waals surface area contributed by atoms with E-state index in [1.165, 1.54) is 13.2 Å². The molecule has 1 aliphatic rings. The molecule has 0 radical (unpaired) electrons. The van der Waals surface area contributed by atoms with E-state index in [4.69, 9.17) is 4.74 Å². The highest BCUT2D eigenvalue weighted by molar-refractivity contribution is 5.81. The molecule has 1 aliphatic heterocycles. The number of methoxy groups -OCH3 is 1. The molecule has 0 aliphatic carbocycles. The lowest BCUT2D eigenvalue weighted by molar-refractivity contribution is -0.134. The summed E-state index contributed by atoms with van der Waals surface area (Å²) < 4.78 is 9.76. The van der Waals surface area contributed by atoms with E-state index >= 15 is 0 Å². The van der Waals surface area contributed by atoms with Crippen molar-refractivity contribution < 1.29 is 14.3 Å². The largest absolute Gasteiger partial charge is 0.466 e. The van der Waals surface area contributed by atoms with Crippen LogP contribution in [0.25, 0.3) is 0 Å². The van der Waals surface area contributed by atoms with Crippen LogP contribution < -0.4 is 0 Å². The van der Waals surface area contributed by atoms with E-state index in [2.05, 4.69) is 9.64 Å². The van der Waals surface area contributed by atoms with Crippen LogP contribution in [0.2, 0.25) is 0 Å². The Hall–Kier alpha value is -0.870. The van der Waals surface area contributed by atoms with Crippen molar-refractivity contribution in [1.29, 1.82) is 0 Å². The van der Waals surface area contributed by atoms with Gasteiger partial charge in [-0.05, 0) is 13.5 Å². The normalized spacial score (nSPS) is 22.1. The Kier molecular flexibility index (Phi) is 4.62. The summed E-state index contributed by atoms with van der Waals surface area (Å²) >= 11 is 0. The van der Waals surface area contributed by atoms with E-state index in [9.17, 15) is 4.79 Å². The van der Waals surface area contributed by atoms with Gasteiger partial charge in [-0.25, -0.2) is 4.79 Å². The Labute approximate surface area is 84.5 Å². The molecule has 0 aromatic heterocycles. The third kappa shape index (κ3) is 3.47.